The molecule has 106 valence electrons. The molecular formula is C13H18N6O. The minimum absolute atomic E-state index is 0.0347. The summed E-state index contributed by atoms with van der Waals surface area (Å²) in [6, 6.07) is 3.64. The molecule has 2 aromatic heterocycles. The lowest BCUT2D eigenvalue weighted by Crippen LogP contribution is -2.32. The first kappa shape index (κ1) is 14.1. The predicted octanol–water partition coefficient (Wildman–Crippen LogP) is 0.842. The Kier molecular flexibility index (Phi) is 4.41. The zero-order valence-electron chi connectivity index (χ0n) is 11.8. The Hall–Kier alpha value is -2.28. The van der Waals surface area contributed by atoms with Crippen molar-refractivity contribution in [1.82, 2.24) is 24.6 Å². The first-order valence-electron chi connectivity index (χ1n) is 6.32. The Morgan fingerprint density at radius 1 is 1.50 bits per heavy atom. The fraction of sp³-hybridized carbons (Fsp3) is 0.385. The SMILES string of the molecule is C[C@@H](c1ccncn1)N(C)CC(=O)Nc1ccn(C)n1. The van der Waals surface area contributed by atoms with Crippen molar-refractivity contribution in [3.63, 3.8) is 0 Å². The fourth-order valence-electron chi connectivity index (χ4n) is 1.80. The van der Waals surface area contributed by atoms with Gasteiger partial charge in [-0.05, 0) is 20.0 Å². The van der Waals surface area contributed by atoms with Gasteiger partial charge in [-0.1, -0.05) is 0 Å². The molecule has 1 N–H and O–H groups in total. The second-order valence-electron chi connectivity index (χ2n) is 4.65. The number of nitrogens with zero attached hydrogens (tertiary/aromatic N) is 5. The van der Waals surface area contributed by atoms with Gasteiger partial charge < -0.3 is 5.32 Å². The average Bonchev–Trinajstić information content (AvgIpc) is 2.84. The minimum atomic E-state index is -0.105. The standard InChI is InChI=1S/C13H18N6O/c1-10(11-4-6-14-9-15-11)18(2)8-13(20)16-12-5-7-19(3)17-12/h4-7,9-10H,8H2,1-3H3,(H,16,17,20)/t10-/m0/s1. The molecule has 1 amide bonds. The van der Waals surface area contributed by atoms with Gasteiger partial charge in [-0.3, -0.25) is 14.4 Å². The molecule has 0 aliphatic carbocycles. The zero-order valence-corrected chi connectivity index (χ0v) is 11.8. The van der Waals surface area contributed by atoms with Gasteiger partial charge in [0.05, 0.1) is 12.2 Å². The highest BCUT2D eigenvalue weighted by molar-refractivity contribution is 5.91. The topological polar surface area (TPSA) is 75.9 Å². The predicted molar refractivity (Wildman–Crippen MR) is 74.9 cm³/mol. The van der Waals surface area contributed by atoms with Crippen LogP contribution >= 0.6 is 0 Å². The van der Waals surface area contributed by atoms with Crippen molar-refractivity contribution in [2.75, 3.05) is 18.9 Å². The molecule has 2 heterocycles. The summed E-state index contributed by atoms with van der Waals surface area (Å²) < 4.78 is 1.64. The van der Waals surface area contributed by atoms with Crippen molar-refractivity contribution < 1.29 is 4.79 Å². The van der Waals surface area contributed by atoms with Crippen LogP contribution < -0.4 is 5.32 Å². The maximum absolute atomic E-state index is 11.9. The van der Waals surface area contributed by atoms with E-state index in [9.17, 15) is 4.79 Å². The van der Waals surface area contributed by atoms with Crippen molar-refractivity contribution in [3.8, 4) is 0 Å². The Bertz CT molecular complexity index is 567. The highest BCUT2D eigenvalue weighted by Crippen LogP contribution is 2.14. The number of hydrogen-bond donors (Lipinski definition) is 1. The van der Waals surface area contributed by atoms with Crippen molar-refractivity contribution >= 4 is 11.7 Å². The third-order valence-electron chi connectivity index (χ3n) is 3.07. The number of aromatic nitrogens is 4. The van der Waals surface area contributed by atoms with Crippen LogP contribution in [0.5, 0.6) is 0 Å². The lowest BCUT2D eigenvalue weighted by molar-refractivity contribution is -0.117. The van der Waals surface area contributed by atoms with Gasteiger partial charge in [-0.2, -0.15) is 5.10 Å². The summed E-state index contributed by atoms with van der Waals surface area (Å²) in [5.74, 6) is 0.452. The molecule has 0 spiro atoms. The van der Waals surface area contributed by atoms with Crippen LogP contribution in [0.1, 0.15) is 18.7 Å². The van der Waals surface area contributed by atoms with Gasteiger partial charge in [-0.25, -0.2) is 9.97 Å². The number of rotatable bonds is 5. The number of hydrogen-bond acceptors (Lipinski definition) is 5. The molecule has 7 heteroatoms. The third kappa shape index (κ3) is 3.61. The van der Waals surface area contributed by atoms with Crippen molar-refractivity contribution in [3.05, 3.63) is 36.5 Å². The number of carbonyl (C=O) groups is 1. The first-order chi connectivity index (χ1) is 9.56. The van der Waals surface area contributed by atoms with E-state index in [1.54, 1.807) is 30.2 Å². The number of amides is 1. The first-order valence-corrected chi connectivity index (χ1v) is 6.32. The van der Waals surface area contributed by atoms with Gasteiger partial charge in [0.15, 0.2) is 5.82 Å². The molecule has 1 atom stereocenters. The highest BCUT2D eigenvalue weighted by atomic mass is 16.2. The van der Waals surface area contributed by atoms with E-state index in [1.807, 2.05) is 24.9 Å². The summed E-state index contributed by atoms with van der Waals surface area (Å²) in [5.41, 5.74) is 0.883. The van der Waals surface area contributed by atoms with Crippen LogP contribution in [-0.4, -0.2) is 44.1 Å². The zero-order chi connectivity index (χ0) is 14.5. The quantitative estimate of drug-likeness (QED) is 0.874. The number of carbonyl (C=O) groups excluding carboxylic acids is 1. The Morgan fingerprint density at radius 2 is 2.30 bits per heavy atom. The van der Waals surface area contributed by atoms with Crippen LogP contribution in [0.25, 0.3) is 0 Å². The molecule has 0 saturated heterocycles. The molecular weight excluding hydrogens is 256 g/mol. The lowest BCUT2D eigenvalue weighted by atomic mass is 10.2. The van der Waals surface area contributed by atoms with E-state index < -0.39 is 0 Å². The number of nitrogens with one attached hydrogen (secondary N) is 1. The normalized spacial score (nSPS) is 12.4. The number of aryl methyl sites for hydroxylation is 1. The molecule has 0 aliphatic rings. The van der Waals surface area contributed by atoms with Crippen LogP contribution in [-0.2, 0) is 11.8 Å². The molecule has 0 fully saturated rings. The summed E-state index contributed by atoms with van der Waals surface area (Å²) in [7, 11) is 3.68. The summed E-state index contributed by atoms with van der Waals surface area (Å²) in [4.78, 5) is 21.9. The smallest absolute Gasteiger partial charge is 0.239 e. The van der Waals surface area contributed by atoms with E-state index in [2.05, 4.69) is 20.4 Å². The van der Waals surface area contributed by atoms with Gasteiger partial charge in [-0.15, -0.1) is 0 Å². The number of likely N-dealkylation sites (N-methyl/N-ethyl adjacent to an activating group) is 1. The van der Waals surface area contributed by atoms with E-state index in [0.29, 0.717) is 5.82 Å². The Balaban J connectivity index is 1.90. The van der Waals surface area contributed by atoms with E-state index in [-0.39, 0.29) is 18.5 Å². The van der Waals surface area contributed by atoms with E-state index >= 15 is 0 Å². The van der Waals surface area contributed by atoms with Gasteiger partial charge in [0.2, 0.25) is 5.91 Å². The van der Waals surface area contributed by atoms with Crippen LogP contribution in [0.2, 0.25) is 0 Å². The molecule has 0 bridgehead atoms. The van der Waals surface area contributed by atoms with Gasteiger partial charge in [0.1, 0.15) is 6.33 Å². The Labute approximate surface area is 117 Å². The second-order valence-corrected chi connectivity index (χ2v) is 4.65. The monoisotopic (exact) mass is 274 g/mol. The van der Waals surface area contributed by atoms with E-state index in [1.165, 1.54) is 6.33 Å². The fourth-order valence-corrected chi connectivity index (χ4v) is 1.80. The van der Waals surface area contributed by atoms with Gasteiger partial charge in [0.25, 0.3) is 0 Å². The summed E-state index contributed by atoms with van der Waals surface area (Å²) in [6.45, 7) is 2.26. The molecule has 2 aromatic rings. The van der Waals surface area contributed by atoms with Gasteiger partial charge >= 0.3 is 0 Å². The van der Waals surface area contributed by atoms with Crippen LogP contribution in [0.4, 0.5) is 5.82 Å². The number of anilines is 1. The minimum Gasteiger partial charge on any atom is -0.308 e. The molecule has 0 aromatic carbocycles. The lowest BCUT2D eigenvalue weighted by Gasteiger charge is -2.23. The Morgan fingerprint density at radius 3 is 2.90 bits per heavy atom. The molecule has 0 unspecified atom stereocenters. The average molecular weight is 274 g/mol. The molecule has 0 saturated carbocycles. The third-order valence-corrected chi connectivity index (χ3v) is 3.07. The van der Waals surface area contributed by atoms with Crippen LogP contribution in [0.3, 0.4) is 0 Å². The highest BCUT2D eigenvalue weighted by Gasteiger charge is 2.16. The van der Waals surface area contributed by atoms with Crippen LogP contribution in [0, 0.1) is 0 Å². The largest absolute Gasteiger partial charge is 0.308 e. The van der Waals surface area contributed by atoms with Crippen molar-refractivity contribution in [2.24, 2.45) is 7.05 Å². The van der Waals surface area contributed by atoms with Crippen LogP contribution in [0.15, 0.2) is 30.9 Å². The maximum Gasteiger partial charge on any atom is 0.239 e. The molecule has 20 heavy (non-hydrogen) atoms. The van der Waals surface area contributed by atoms with Crippen molar-refractivity contribution in [2.45, 2.75) is 13.0 Å². The second kappa shape index (κ2) is 6.25. The summed E-state index contributed by atoms with van der Waals surface area (Å²) >= 11 is 0. The van der Waals surface area contributed by atoms with E-state index in [4.69, 9.17) is 0 Å². The van der Waals surface area contributed by atoms with Gasteiger partial charge in [0, 0.05) is 31.5 Å². The summed E-state index contributed by atoms with van der Waals surface area (Å²) in [5, 5.41) is 6.86. The molecule has 7 nitrogen and oxygen atoms in total. The molecule has 0 aliphatic heterocycles. The molecule has 0 radical (unpaired) electrons. The maximum atomic E-state index is 11.9. The van der Waals surface area contributed by atoms with Crippen molar-refractivity contribution in [1.29, 1.82) is 0 Å². The molecule has 2 rings (SSSR count). The summed E-state index contributed by atoms with van der Waals surface area (Å²) in [6.07, 6.45) is 4.98. The van der Waals surface area contributed by atoms with E-state index in [0.717, 1.165) is 5.69 Å².